The molecule has 0 fully saturated rings. The van der Waals surface area contributed by atoms with Crippen LogP contribution < -0.4 is 0 Å². The SMILES string of the molecule is CCCCCCOP(=O)(OCCCCCC)C(Cl)P(=O)(OCCCCCC)OCCCCCC. The van der Waals surface area contributed by atoms with Crippen LogP contribution in [0.1, 0.15) is 130 Å². The van der Waals surface area contributed by atoms with Gasteiger partial charge in [-0.3, -0.25) is 9.13 Å². The Morgan fingerprint density at radius 1 is 0.471 bits per heavy atom. The van der Waals surface area contributed by atoms with Crippen molar-refractivity contribution >= 4 is 26.8 Å². The van der Waals surface area contributed by atoms with Crippen LogP contribution in [0, 0.1) is 0 Å². The fraction of sp³-hybridized carbons (Fsp3) is 1.00. The summed E-state index contributed by atoms with van der Waals surface area (Å²) in [5.74, 6) is 0. The molecule has 0 aliphatic carbocycles. The highest BCUT2D eigenvalue weighted by Crippen LogP contribution is 2.72. The molecule has 0 amide bonds. The van der Waals surface area contributed by atoms with E-state index in [1.165, 1.54) is 0 Å². The van der Waals surface area contributed by atoms with Crippen LogP contribution in [0.2, 0.25) is 0 Å². The van der Waals surface area contributed by atoms with Gasteiger partial charge in [-0.2, -0.15) is 0 Å². The van der Waals surface area contributed by atoms with Crippen molar-refractivity contribution < 1.29 is 27.2 Å². The first-order valence-corrected chi connectivity index (χ1v) is 17.5. The summed E-state index contributed by atoms with van der Waals surface area (Å²) in [6.45, 7) is 9.53. The van der Waals surface area contributed by atoms with E-state index >= 15 is 0 Å². The highest BCUT2D eigenvalue weighted by Gasteiger charge is 2.50. The van der Waals surface area contributed by atoms with Crippen molar-refractivity contribution in [2.24, 2.45) is 0 Å². The summed E-state index contributed by atoms with van der Waals surface area (Å²) in [5, 5.41) is 0. The molecule has 0 N–H and O–H groups in total. The minimum Gasteiger partial charge on any atom is -0.307 e. The van der Waals surface area contributed by atoms with Gasteiger partial charge < -0.3 is 18.1 Å². The maximum Gasteiger partial charge on any atom is 0.360 e. The van der Waals surface area contributed by atoms with E-state index in [4.69, 9.17) is 29.7 Å². The normalized spacial score (nSPS) is 12.6. The number of unbranched alkanes of at least 4 members (excludes halogenated alkanes) is 12. The van der Waals surface area contributed by atoms with Gasteiger partial charge in [0.05, 0.1) is 26.4 Å². The quantitative estimate of drug-likeness (QED) is 0.0610. The summed E-state index contributed by atoms with van der Waals surface area (Å²) in [6.07, 6.45) is 15.6. The first-order chi connectivity index (χ1) is 16.4. The van der Waals surface area contributed by atoms with E-state index in [1.807, 2.05) is 0 Å². The van der Waals surface area contributed by atoms with E-state index in [0.29, 0.717) is 0 Å². The van der Waals surface area contributed by atoms with Crippen molar-refractivity contribution in [1.82, 2.24) is 0 Å². The molecule has 0 heterocycles. The second-order valence-corrected chi connectivity index (χ2v) is 14.6. The van der Waals surface area contributed by atoms with E-state index < -0.39 is 20.1 Å². The maximum absolute atomic E-state index is 13.8. The van der Waals surface area contributed by atoms with Crippen LogP contribution in [0.25, 0.3) is 0 Å². The summed E-state index contributed by atoms with van der Waals surface area (Å²) >= 11 is 6.63. The van der Waals surface area contributed by atoms with Crippen molar-refractivity contribution in [2.45, 2.75) is 135 Å². The lowest BCUT2D eigenvalue weighted by molar-refractivity contribution is 0.181. The first-order valence-electron chi connectivity index (χ1n) is 13.8. The molecular weight excluding hydrogens is 494 g/mol. The largest absolute Gasteiger partial charge is 0.360 e. The topological polar surface area (TPSA) is 71.1 Å². The third-order valence-corrected chi connectivity index (χ3v) is 11.9. The lowest BCUT2D eigenvalue weighted by Gasteiger charge is -2.28. The van der Waals surface area contributed by atoms with Gasteiger partial charge in [0.25, 0.3) is 0 Å². The third kappa shape index (κ3) is 16.4. The Kier molecular flexibility index (Phi) is 23.2. The van der Waals surface area contributed by atoms with Crippen LogP contribution in [0.5, 0.6) is 0 Å². The highest BCUT2D eigenvalue weighted by atomic mass is 35.5. The van der Waals surface area contributed by atoms with Crippen molar-refractivity contribution in [3.05, 3.63) is 0 Å². The van der Waals surface area contributed by atoms with Gasteiger partial charge in [0.2, 0.25) is 4.86 Å². The molecule has 0 aliphatic rings. The number of halogens is 1. The van der Waals surface area contributed by atoms with Crippen LogP contribution in [-0.2, 0) is 27.2 Å². The predicted octanol–water partition coefficient (Wildman–Crippen LogP) is 10.3. The zero-order valence-electron chi connectivity index (χ0n) is 22.4. The highest BCUT2D eigenvalue weighted by molar-refractivity contribution is 7.75. The molecule has 6 nitrogen and oxygen atoms in total. The molecule has 0 aromatic rings. The molecule has 0 bridgehead atoms. The van der Waals surface area contributed by atoms with Crippen molar-refractivity contribution in [3.63, 3.8) is 0 Å². The Balaban J connectivity index is 5.30. The minimum atomic E-state index is -3.90. The van der Waals surface area contributed by atoms with Crippen LogP contribution in [-0.4, -0.2) is 31.3 Å². The zero-order valence-corrected chi connectivity index (χ0v) is 25.0. The van der Waals surface area contributed by atoms with Crippen molar-refractivity contribution in [3.8, 4) is 0 Å². The average Bonchev–Trinajstić information content (AvgIpc) is 2.83. The predicted molar refractivity (Wildman–Crippen MR) is 145 cm³/mol. The van der Waals surface area contributed by atoms with Gasteiger partial charge in [-0.05, 0) is 25.7 Å². The van der Waals surface area contributed by atoms with Gasteiger partial charge in [0.1, 0.15) is 0 Å². The monoisotopic (exact) mass is 546 g/mol. The Morgan fingerprint density at radius 2 is 0.706 bits per heavy atom. The molecule has 0 spiro atoms. The maximum atomic E-state index is 13.8. The summed E-state index contributed by atoms with van der Waals surface area (Å²) in [4.78, 5) is -1.46. The second-order valence-electron chi connectivity index (χ2n) is 8.97. The summed E-state index contributed by atoms with van der Waals surface area (Å²) in [6, 6.07) is 0. The third-order valence-electron chi connectivity index (χ3n) is 5.60. The fourth-order valence-electron chi connectivity index (χ4n) is 3.38. The smallest absolute Gasteiger partial charge is 0.307 e. The average molecular weight is 547 g/mol. The van der Waals surface area contributed by atoms with E-state index in [1.54, 1.807) is 0 Å². The van der Waals surface area contributed by atoms with Gasteiger partial charge in [0.15, 0.2) is 0 Å². The molecule has 0 radical (unpaired) electrons. The second kappa shape index (κ2) is 22.8. The Bertz CT molecular complexity index is 467. The molecule has 0 aromatic carbocycles. The van der Waals surface area contributed by atoms with E-state index in [9.17, 15) is 9.13 Å². The Labute approximate surface area is 215 Å². The van der Waals surface area contributed by atoms with Crippen molar-refractivity contribution in [2.75, 3.05) is 26.4 Å². The van der Waals surface area contributed by atoms with Gasteiger partial charge in [-0.15, -0.1) is 0 Å². The van der Waals surface area contributed by atoms with E-state index in [-0.39, 0.29) is 26.4 Å². The van der Waals surface area contributed by atoms with E-state index in [2.05, 4.69) is 27.7 Å². The molecule has 0 rings (SSSR count). The zero-order chi connectivity index (χ0) is 25.5. The summed E-state index contributed by atoms with van der Waals surface area (Å²) < 4.78 is 50.6. The van der Waals surface area contributed by atoms with Crippen LogP contribution in [0.4, 0.5) is 0 Å². The van der Waals surface area contributed by atoms with Crippen molar-refractivity contribution in [1.29, 1.82) is 0 Å². The van der Waals surface area contributed by atoms with E-state index in [0.717, 1.165) is 103 Å². The molecule has 34 heavy (non-hydrogen) atoms. The number of rotatable bonds is 26. The number of hydrogen-bond acceptors (Lipinski definition) is 6. The van der Waals surface area contributed by atoms with Crippen LogP contribution in [0.15, 0.2) is 0 Å². The Morgan fingerprint density at radius 3 is 0.912 bits per heavy atom. The molecule has 0 saturated carbocycles. The lowest BCUT2D eigenvalue weighted by Crippen LogP contribution is -2.14. The Hall–Kier alpha value is 0.590. The number of alkyl halides is 1. The molecule has 0 unspecified atom stereocenters. The van der Waals surface area contributed by atoms with Gasteiger partial charge >= 0.3 is 15.2 Å². The standard InChI is InChI=1S/C25H53ClO6P2/c1-5-9-13-17-21-29-33(27,30-22-18-14-10-6-2)25(26)34(28,31-23-19-15-11-7-3)32-24-20-16-12-8-4/h25H,5-24H2,1-4H3. The van der Waals surface area contributed by atoms with Crippen LogP contribution >= 0.6 is 26.8 Å². The summed E-state index contributed by atoms with van der Waals surface area (Å²) in [7, 11) is -7.80. The molecule has 9 heteroatoms. The molecule has 0 aromatic heterocycles. The van der Waals surface area contributed by atoms with Gasteiger partial charge in [-0.1, -0.05) is 116 Å². The van der Waals surface area contributed by atoms with Crippen LogP contribution in [0.3, 0.4) is 0 Å². The molecule has 0 saturated heterocycles. The van der Waals surface area contributed by atoms with Gasteiger partial charge in [-0.25, -0.2) is 0 Å². The molecular formula is C25H53ClO6P2. The minimum absolute atomic E-state index is 0.252. The lowest BCUT2D eigenvalue weighted by atomic mass is 10.2. The molecule has 206 valence electrons. The first kappa shape index (κ1) is 34.6. The van der Waals surface area contributed by atoms with Gasteiger partial charge in [0, 0.05) is 0 Å². The fourth-order valence-corrected chi connectivity index (χ4v) is 8.41. The molecule has 0 aliphatic heterocycles. The number of hydrogen-bond donors (Lipinski definition) is 0. The molecule has 0 atom stereocenters. The summed E-state index contributed by atoms with van der Waals surface area (Å²) in [5.41, 5.74) is 0.